The molecule has 0 fully saturated rings. The van der Waals surface area contributed by atoms with E-state index in [-0.39, 0.29) is 11.6 Å². The van der Waals surface area contributed by atoms with Crippen molar-refractivity contribution in [3.63, 3.8) is 0 Å². The Morgan fingerprint density at radius 2 is 1.78 bits per heavy atom. The van der Waals surface area contributed by atoms with Crippen molar-refractivity contribution in [2.45, 2.75) is 38.3 Å². The first kappa shape index (κ1) is 22.8. The number of phenols is 1. The molecule has 0 spiro atoms. The second kappa shape index (κ2) is 9.64. The van der Waals surface area contributed by atoms with E-state index in [1.807, 2.05) is 25.3 Å². The lowest BCUT2D eigenvalue weighted by Crippen LogP contribution is -2.30. The molecule has 1 amide bonds. The standard InChI is InChI=1S/C12H15F3N2O.C7H8OS/c1-4-11(2,3)10(18)17-8-5-6-16-9(7-8)12(13,14)15;1-9-7-4-2-6(8)3-5-7/h5-7H,4H2,1-3H3,(H,16,17,18);2-5,8H,1H3. The third-order valence-electron chi connectivity index (χ3n) is 3.88. The molecule has 148 valence electrons. The van der Waals surface area contributed by atoms with Gasteiger partial charge in [0.1, 0.15) is 11.4 Å². The molecule has 1 aromatic heterocycles. The first-order chi connectivity index (χ1) is 12.5. The number of phenolic OH excluding ortho intramolecular Hbond substituents is 1. The minimum Gasteiger partial charge on any atom is -0.508 e. The lowest BCUT2D eigenvalue weighted by Gasteiger charge is -2.21. The van der Waals surface area contributed by atoms with E-state index in [1.54, 1.807) is 37.7 Å². The van der Waals surface area contributed by atoms with Crippen molar-refractivity contribution in [2.24, 2.45) is 5.41 Å². The van der Waals surface area contributed by atoms with Gasteiger partial charge in [0.05, 0.1) is 0 Å². The molecule has 0 atom stereocenters. The SMILES string of the molecule is CCC(C)(C)C(=O)Nc1ccnc(C(F)(F)F)c1.CSc1ccc(O)cc1. The van der Waals surface area contributed by atoms with E-state index >= 15 is 0 Å². The van der Waals surface area contributed by atoms with Crippen molar-refractivity contribution < 1.29 is 23.1 Å². The summed E-state index contributed by atoms with van der Waals surface area (Å²) in [5.74, 6) is 0.0112. The molecule has 0 unspecified atom stereocenters. The number of benzene rings is 1. The van der Waals surface area contributed by atoms with E-state index < -0.39 is 17.3 Å². The molecule has 0 bridgehead atoms. The van der Waals surface area contributed by atoms with E-state index in [1.165, 1.54) is 11.0 Å². The summed E-state index contributed by atoms with van der Waals surface area (Å²) in [5, 5.41) is 11.3. The molecule has 2 rings (SSSR count). The average molecular weight is 400 g/mol. The van der Waals surface area contributed by atoms with Crippen LogP contribution >= 0.6 is 11.8 Å². The fraction of sp³-hybridized carbons (Fsp3) is 0.368. The molecule has 2 aromatic rings. The lowest BCUT2D eigenvalue weighted by molar-refractivity contribution is -0.141. The Kier molecular flexibility index (Phi) is 8.15. The van der Waals surface area contributed by atoms with Gasteiger partial charge >= 0.3 is 6.18 Å². The van der Waals surface area contributed by atoms with Gasteiger partial charge in [-0.2, -0.15) is 13.2 Å². The van der Waals surface area contributed by atoms with Gasteiger partial charge in [-0.15, -0.1) is 11.8 Å². The molecule has 1 heterocycles. The number of pyridine rings is 1. The number of nitrogens with zero attached hydrogens (tertiary/aromatic N) is 1. The van der Waals surface area contributed by atoms with Crippen LogP contribution in [-0.4, -0.2) is 22.3 Å². The Hall–Kier alpha value is -2.22. The van der Waals surface area contributed by atoms with E-state index in [4.69, 9.17) is 5.11 Å². The molecule has 0 aliphatic carbocycles. The van der Waals surface area contributed by atoms with Crippen LogP contribution in [0.25, 0.3) is 0 Å². The molecular weight excluding hydrogens is 377 g/mol. The lowest BCUT2D eigenvalue weighted by atomic mass is 9.89. The zero-order valence-corrected chi connectivity index (χ0v) is 16.4. The van der Waals surface area contributed by atoms with Crippen molar-refractivity contribution in [1.29, 1.82) is 0 Å². The van der Waals surface area contributed by atoms with Crippen LogP contribution in [0.2, 0.25) is 0 Å². The highest BCUT2D eigenvalue weighted by molar-refractivity contribution is 7.98. The van der Waals surface area contributed by atoms with Crippen molar-refractivity contribution in [2.75, 3.05) is 11.6 Å². The predicted molar refractivity (Wildman–Crippen MR) is 102 cm³/mol. The van der Waals surface area contributed by atoms with Crippen molar-refractivity contribution in [3.05, 3.63) is 48.3 Å². The molecular formula is C19H23F3N2O2S. The number of aromatic hydroxyl groups is 1. The van der Waals surface area contributed by atoms with Gasteiger partial charge in [0.25, 0.3) is 0 Å². The van der Waals surface area contributed by atoms with Crippen LogP contribution in [0.15, 0.2) is 47.5 Å². The number of alkyl halides is 3. The van der Waals surface area contributed by atoms with Crippen LogP contribution in [0.4, 0.5) is 18.9 Å². The second-order valence-corrected chi connectivity index (χ2v) is 7.20. The molecule has 2 N–H and O–H groups in total. The number of hydrogen-bond acceptors (Lipinski definition) is 4. The summed E-state index contributed by atoms with van der Waals surface area (Å²) in [7, 11) is 0. The van der Waals surface area contributed by atoms with E-state index in [2.05, 4.69) is 10.3 Å². The number of carbonyl (C=O) groups excluding carboxylic acids is 1. The largest absolute Gasteiger partial charge is 0.508 e. The maximum Gasteiger partial charge on any atom is 0.433 e. The number of aromatic nitrogens is 1. The van der Waals surface area contributed by atoms with Crippen LogP contribution in [0, 0.1) is 5.41 Å². The number of nitrogens with one attached hydrogen (secondary N) is 1. The number of carbonyl (C=O) groups is 1. The van der Waals surface area contributed by atoms with Crippen LogP contribution in [-0.2, 0) is 11.0 Å². The van der Waals surface area contributed by atoms with Crippen molar-refractivity contribution in [3.8, 4) is 5.75 Å². The highest BCUT2D eigenvalue weighted by Gasteiger charge is 2.33. The van der Waals surface area contributed by atoms with Crippen LogP contribution in [0.1, 0.15) is 32.9 Å². The van der Waals surface area contributed by atoms with E-state index in [9.17, 15) is 18.0 Å². The topological polar surface area (TPSA) is 62.2 Å². The number of thioether (sulfide) groups is 1. The molecule has 0 aliphatic heterocycles. The number of hydrogen-bond donors (Lipinski definition) is 2. The predicted octanol–water partition coefficient (Wildman–Crippen LogP) is 5.59. The second-order valence-electron chi connectivity index (χ2n) is 6.32. The monoisotopic (exact) mass is 400 g/mol. The van der Waals surface area contributed by atoms with Gasteiger partial charge in [-0.05, 0) is 49.1 Å². The Morgan fingerprint density at radius 1 is 1.19 bits per heavy atom. The van der Waals surface area contributed by atoms with Crippen LogP contribution in [0.5, 0.6) is 5.75 Å². The smallest absolute Gasteiger partial charge is 0.433 e. The highest BCUT2D eigenvalue weighted by atomic mass is 32.2. The Morgan fingerprint density at radius 3 is 2.26 bits per heavy atom. The first-order valence-corrected chi connectivity index (χ1v) is 9.39. The fourth-order valence-electron chi connectivity index (χ4n) is 1.71. The van der Waals surface area contributed by atoms with Gasteiger partial charge < -0.3 is 10.4 Å². The Bertz CT molecular complexity index is 747. The van der Waals surface area contributed by atoms with Crippen LogP contribution in [0.3, 0.4) is 0 Å². The quantitative estimate of drug-likeness (QED) is 0.657. The first-order valence-electron chi connectivity index (χ1n) is 8.17. The summed E-state index contributed by atoms with van der Waals surface area (Å²) >= 11 is 1.67. The van der Waals surface area contributed by atoms with Crippen molar-refractivity contribution >= 4 is 23.4 Å². The summed E-state index contributed by atoms with van der Waals surface area (Å²) in [6.45, 7) is 5.30. The van der Waals surface area contributed by atoms with E-state index in [0.717, 1.165) is 12.3 Å². The summed E-state index contributed by atoms with van der Waals surface area (Å²) in [6, 6.07) is 9.31. The normalized spacial score (nSPS) is 11.4. The van der Waals surface area contributed by atoms with Gasteiger partial charge in [-0.3, -0.25) is 9.78 Å². The molecule has 0 saturated heterocycles. The number of rotatable bonds is 4. The molecule has 27 heavy (non-hydrogen) atoms. The summed E-state index contributed by atoms with van der Waals surface area (Å²) < 4.78 is 37.3. The highest BCUT2D eigenvalue weighted by Crippen LogP contribution is 2.29. The van der Waals surface area contributed by atoms with Gasteiger partial charge in [0, 0.05) is 22.2 Å². The molecule has 0 saturated carbocycles. The number of anilines is 1. The third-order valence-corrected chi connectivity index (χ3v) is 4.62. The summed E-state index contributed by atoms with van der Waals surface area (Å²) in [6.07, 6.45) is -0.888. The van der Waals surface area contributed by atoms with Gasteiger partial charge in [0.15, 0.2) is 0 Å². The summed E-state index contributed by atoms with van der Waals surface area (Å²) in [5.41, 5.74) is -1.54. The minimum absolute atomic E-state index is 0.101. The molecule has 1 aromatic carbocycles. The number of amides is 1. The third kappa shape index (κ3) is 7.50. The van der Waals surface area contributed by atoms with Crippen LogP contribution < -0.4 is 5.32 Å². The van der Waals surface area contributed by atoms with Crippen molar-refractivity contribution in [1.82, 2.24) is 4.98 Å². The summed E-state index contributed by atoms with van der Waals surface area (Å²) in [4.78, 5) is 16.2. The Labute approximate surface area is 161 Å². The molecule has 0 radical (unpaired) electrons. The Balaban J connectivity index is 0.000000337. The van der Waals surface area contributed by atoms with Gasteiger partial charge in [-0.1, -0.05) is 20.8 Å². The minimum atomic E-state index is -4.51. The van der Waals surface area contributed by atoms with Gasteiger partial charge in [0.2, 0.25) is 5.91 Å². The maximum atomic E-state index is 12.4. The zero-order valence-electron chi connectivity index (χ0n) is 15.6. The number of halogens is 3. The molecule has 0 aliphatic rings. The molecule has 8 heteroatoms. The average Bonchev–Trinajstić information content (AvgIpc) is 2.62. The molecule has 4 nitrogen and oxygen atoms in total. The fourth-order valence-corrected chi connectivity index (χ4v) is 2.11. The van der Waals surface area contributed by atoms with Gasteiger partial charge in [-0.25, -0.2) is 0 Å². The van der Waals surface area contributed by atoms with E-state index in [0.29, 0.717) is 12.2 Å². The zero-order chi connectivity index (χ0) is 20.7. The maximum absolute atomic E-state index is 12.4.